The van der Waals surface area contributed by atoms with Crippen molar-refractivity contribution in [3.05, 3.63) is 16.8 Å². The van der Waals surface area contributed by atoms with E-state index in [0.29, 0.717) is 4.57 Å². The molecule has 0 saturated carbocycles. The maximum atomic E-state index is 12.1. The van der Waals surface area contributed by atoms with Crippen LogP contribution < -0.4 is 17.2 Å². The molecule has 0 bridgehead atoms. The van der Waals surface area contributed by atoms with Gasteiger partial charge >= 0.3 is 29.2 Å². The molecular weight excluding hydrogens is 503 g/mol. The smallest absolute Gasteiger partial charge is 0.387 e. The van der Waals surface area contributed by atoms with Crippen LogP contribution in [-0.2, 0) is 31.6 Å². The summed E-state index contributed by atoms with van der Waals surface area (Å²) >= 11 is 0. The van der Waals surface area contributed by atoms with Crippen LogP contribution in [0.3, 0.4) is 0 Å². The van der Waals surface area contributed by atoms with Crippen molar-refractivity contribution in [2.24, 2.45) is 5.73 Å². The van der Waals surface area contributed by atoms with E-state index in [1.165, 1.54) is 0 Å². The highest BCUT2D eigenvalue weighted by atomic mass is 31.3. The van der Waals surface area contributed by atoms with Gasteiger partial charge < -0.3 is 40.9 Å². The lowest BCUT2D eigenvalue weighted by molar-refractivity contribution is -0.0757. The number of phosphoric acid groups is 3. The molecule has 9 N–H and O–H groups in total. The molecule has 32 heavy (non-hydrogen) atoms. The highest BCUT2D eigenvalue weighted by Gasteiger charge is 2.57. The Bertz CT molecular complexity index is 1120. The van der Waals surface area contributed by atoms with Crippen LogP contribution in [0.15, 0.2) is 11.1 Å². The van der Waals surface area contributed by atoms with Crippen molar-refractivity contribution in [2.75, 3.05) is 5.73 Å². The zero-order chi connectivity index (χ0) is 24.7. The fraction of sp³-hybridized carbons (Fsp3) is 0.545. The summed E-state index contributed by atoms with van der Waals surface area (Å²) in [5.74, 6) is 1.66. The predicted molar refractivity (Wildman–Crippen MR) is 101 cm³/mol. The van der Waals surface area contributed by atoms with Gasteiger partial charge in [0.2, 0.25) is 5.95 Å². The van der Waals surface area contributed by atoms with Crippen molar-refractivity contribution < 1.29 is 56.3 Å². The third-order valence-electron chi connectivity index (χ3n) is 3.92. The number of anilines is 1. The van der Waals surface area contributed by atoms with Crippen molar-refractivity contribution in [2.45, 2.75) is 37.0 Å². The maximum Gasteiger partial charge on any atom is 0.490 e. The summed E-state index contributed by atoms with van der Waals surface area (Å²) in [6, 6.07) is 0. The molecule has 0 amide bonds. The van der Waals surface area contributed by atoms with Crippen molar-refractivity contribution in [1.29, 1.82) is 0 Å². The molecule has 21 heteroatoms. The number of hydrogen-bond donors (Lipinski definition) is 7. The minimum atomic E-state index is -5.78. The van der Waals surface area contributed by atoms with Gasteiger partial charge in [-0.25, -0.2) is 23.5 Å². The van der Waals surface area contributed by atoms with Gasteiger partial charge in [0, 0.05) is 0 Å². The van der Waals surface area contributed by atoms with Crippen LogP contribution in [0.25, 0.3) is 0 Å². The summed E-state index contributed by atoms with van der Waals surface area (Å²) in [4.78, 5) is 54.9. The Morgan fingerprint density at radius 1 is 1.28 bits per heavy atom. The third kappa shape index (κ3) is 6.07. The first kappa shape index (κ1) is 26.7. The van der Waals surface area contributed by atoms with E-state index in [-0.39, 0.29) is 5.95 Å². The summed E-state index contributed by atoms with van der Waals surface area (Å²) < 4.78 is 52.0. The Morgan fingerprint density at radius 2 is 1.88 bits per heavy atom. The molecular formula is C11H18N5O13P3. The van der Waals surface area contributed by atoms with Gasteiger partial charge in [0.1, 0.15) is 18.5 Å². The predicted octanol–water partition coefficient (Wildman–Crippen LogP) is -2.46. The molecule has 1 aromatic heterocycles. The second-order valence-electron chi connectivity index (χ2n) is 6.28. The number of nitrogen functional groups attached to an aromatic ring is 1. The lowest BCUT2D eigenvalue weighted by atomic mass is 9.90. The van der Waals surface area contributed by atoms with E-state index in [2.05, 4.69) is 23.1 Å². The molecule has 1 saturated heterocycles. The minimum absolute atomic E-state index is 0.384. The van der Waals surface area contributed by atoms with Gasteiger partial charge in [0.25, 0.3) is 0 Å². The molecule has 1 aromatic rings. The van der Waals surface area contributed by atoms with Gasteiger partial charge in [-0.15, -0.1) is 6.42 Å². The SMILES string of the molecule is C#CC1(N)[C@@H](O)[C@@H]([C@H](C)OP(=O)(O)OP(=O)(O)OP(=O)(O)O)O[C@H]1n1cnc(N)nc1=O. The number of aliphatic hydroxyl groups is 1. The third-order valence-corrected chi connectivity index (χ3v) is 7.85. The van der Waals surface area contributed by atoms with Crippen LogP contribution in [0, 0.1) is 12.3 Å². The number of aromatic nitrogens is 3. The van der Waals surface area contributed by atoms with Gasteiger partial charge in [-0.05, 0) is 6.92 Å². The van der Waals surface area contributed by atoms with Gasteiger partial charge in [0.05, 0.1) is 6.10 Å². The zero-order valence-corrected chi connectivity index (χ0v) is 18.5. The summed E-state index contributed by atoms with van der Waals surface area (Å²) in [7, 11) is -16.9. The van der Waals surface area contributed by atoms with Crippen LogP contribution in [0.1, 0.15) is 13.2 Å². The largest absolute Gasteiger partial charge is 0.490 e. The Balaban J connectivity index is 2.27. The molecule has 0 aromatic carbocycles. The van der Waals surface area contributed by atoms with E-state index in [4.69, 9.17) is 32.4 Å². The molecule has 3 unspecified atom stereocenters. The first-order valence-corrected chi connectivity index (χ1v) is 12.6. The number of hydrogen-bond acceptors (Lipinski definition) is 13. The summed E-state index contributed by atoms with van der Waals surface area (Å²) in [6.45, 7) is 1.02. The molecule has 2 heterocycles. The Hall–Kier alpha value is -1.54. The van der Waals surface area contributed by atoms with E-state index in [1.807, 2.05) is 5.92 Å². The summed E-state index contributed by atoms with van der Waals surface area (Å²) in [5, 5.41) is 10.5. The first-order valence-electron chi connectivity index (χ1n) is 8.04. The fourth-order valence-corrected chi connectivity index (χ4v) is 5.86. The molecule has 0 aliphatic carbocycles. The fourth-order valence-electron chi connectivity index (χ4n) is 2.66. The average Bonchev–Trinajstić information content (AvgIpc) is 2.84. The number of nitrogens with two attached hydrogens (primary N) is 2. The summed E-state index contributed by atoms with van der Waals surface area (Å²) in [5.41, 5.74) is 8.14. The molecule has 1 aliphatic heterocycles. The Kier molecular flexibility index (Phi) is 7.52. The molecule has 18 nitrogen and oxygen atoms in total. The molecule has 1 fully saturated rings. The normalized spacial score (nSPS) is 30.8. The lowest BCUT2D eigenvalue weighted by Gasteiger charge is -2.28. The lowest BCUT2D eigenvalue weighted by Crippen LogP contribution is -2.55. The second kappa shape index (κ2) is 9.01. The number of ether oxygens (including phenoxy) is 1. The van der Waals surface area contributed by atoms with E-state index in [1.54, 1.807) is 0 Å². The number of phosphoric ester groups is 1. The average molecular weight is 521 g/mol. The van der Waals surface area contributed by atoms with Crippen molar-refractivity contribution >= 4 is 29.4 Å². The van der Waals surface area contributed by atoms with Crippen molar-refractivity contribution in [3.63, 3.8) is 0 Å². The van der Waals surface area contributed by atoms with Gasteiger partial charge in [0.15, 0.2) is 11.8 Å². The van der Waals surface area contributed by atoms with Gasteiger partial charge in [-0.3, -0.25) is 9.09 Å². The van der Waals surface area contributed by atoms with Crippen LogP contribution in [-0.4, -0.2) is 63.1 Å². The maximum absolute atomic E-state index is 12.1. The Labute approximate surface area is 178 Å². The molecule has 180 valence electrons. The second-order valence-corrected chi connectivity index (χ2v) is 10.7. The van der Waals surface area contributed by atoms with E-state index in [9.17, 15) is 33.4 Å². The summed E-state index contributed by atoms with van der Waals surface area (Å²) in [6.07, 6.45) is -0.553. The monoisotopic (exact) mass is 521 g/mol. The Morgan fingerprint density at radius 3 is 2.38 bits per heavy atom. The molecule has 1 aliphatic rings. The molecule has 2 rings (SSSR count). The van der Waals surface area contributed by atoms with Gasteiger partial charge in [-0.1, -0.05) is 5.92 Å². The number of aliphatic hydroxyl groups excluding tert-OH is 1. The van der Waals surface area contributed by atoms with Crippen molar-refractivity contribution in [1.82, 2.24) is 14.5 Å². The molecule has 7 atom stereocenters. The number of rotatable bonds is 8. The minimum Gasteiger partial charge on any atom is -0.387 e. The quantitative estimate of drug-likeness (QED) is 0.138. The van der Waals surface area contributed by atoms with E-state index >= 15 is 0 Å². The van der Waals surface area contributed by atoms with E-state index in [0.717, 1.165) is 13.3 Å². The topological polar surface area (TPSA) is 289 Å². The van der Waals surface area contributed by atoms with E-state index < -0.39 is 59.2 Å². The number of terminal acetylenes is 1. The highest BCUT2D eigenvalue weighted by molar-refractivity contribution is 7.66. The number of nitrogens with zero attached hydrogens (tertiary/aromatic N) is 3. The highest BCUT2D eigenvalue weighted by Crippen LogP contribution is 2.66. The standard InChI is InChI=1S/C11H18N5O13P3/c1-3-11(13)7(17)6(26-8(11)16-4-14-9(12)15-10(16)18)5(2)27-31(22,23)29-32(24,25)28-30(19,20)21/h1,4-8,17H,13H2,2H3,(H,22,23)(H,24,25)(H2,12,15,18)(H2,19,20,21)/t5-,6+,7-,8+,11?/m0/s1. The first-order chi connectivity index (χ1) is 14.4. The van der Waals surface area contributed by atoms with Gasteiger partial charge in [-0.2, -0.15) is 13.6 Å². The molecule has 0 spiro atoms. The zero-order valence-electron chi connectivity index (χ0n) is 15.8. The van der Waals surface area contributed by atoms with Crippen LogP contribution in [0.5, 0.6) is 0 Å². The van der Waals surface area contributed by atoms with Crippen LogP contribution >= 0.6 is 23.5 Å². The molecule has 0 radical (unpaired) electrons. The van der Waals surface area contributed by atoms with Crippen LogP contribution in [0.2, 0.25) is 0 Å². The van der Waals surface area contributed by atoms with Crippen molar-refractivity contribution in [3.8, 4) is 12.3 Å². The van der Waals surface area contributed by atoms with Crippen LogP contribution in [0.4, 0.5) is 5.95 Å².